The van der Waals surface area contributed by atoms with Gasteiger partial charge in [0.05, 0.1) is 4.90 Å². The molecule has 0 heterocycles. The van der Waals surface area contributed by atoms with Gasteiger partial charge in [-0.15, -0.1) is 0 Å². The molecule has 3 nitrogen and oxygen atoms in total. The van der Waals surface area contributed by atoms with E-state index in [9.17, 15) is 8.42 Å². The molecule has 1 aromatic carbocycles. The Morgan fingerprint density at radius 3 is 2.46 bits per heavy atom. The highest BCUT2D eigenvalue weighted by Gasteiger charge is 2.15. The van der Waals surface area contributed by atoms with Gasteiger partial charge in [-0.1, -0.05) is 19.1 Å². The number of nitrogens with two attached hydrogens (primary N) is 1. The van der Waals surface area contributed by atoms with E-state index in [0.29, 0.717) is 10.9 Å². The Morgan fingerprint density at radius 2 is 2.08 bits per heavy atom. The first-order chi connectivity index (χ1) is 5.96. The van der Waals surface area contributed by atoms with Gasteiger partial charge in [0, 0.05) is 4.47 Å². The van der Waals surface area contributed by atoms with Crippen molar-refractivity contribution in [3.8, 4) is 0 Å². The molecule has 13 heavy (non-hydrogen) atoms. The largest absolute Gasteiger partial charge is 0.239 e. The first-order valence-electron chi connectivity index (χ1n) is 3.77. The molecule has 0 fully saturated rings. The number of hydrogen-bond acceptors (Lipinski definition) is 2. The second-order valence-electron chi connectivity index (χ2n) is 2.63. The summed E-state index contributed by atoms with van der Waals surface area (Å²) >= 11 is 3.16. The average molecular weight is 264 g/mol. The molecule has 0 saturated heterocycles. The molecule has 0 bridgehead atoms. The Morgan fingerprint density at radius 1 is 1.46 bits per heavy atom. The van der Waals surface area contributed by atoms with E-state index in [4.69, 9.17) is 5.14 Å². The van der Waals surface area contributed by atoms with Crippen molar-refractivity contribution >= 4 is 26.0 Å². The van der Waals surface area contributed by atoms with Crippen LogP contribution in [0.1, 0.15) is 12.5 Å². The van der Waals surface area contributed by atoms with Gasteiger partial charge in [-0.3, -0.25) is 0 Å². The lowest BCUT2D eigenvalue weighted by Crippen LogP contribution is -2.15. The zero-order valence-electron chi connectivity index (χ0n) is 7.12. The van der Waals surface area contributed by atoms with Crippen molar-refractivity contribution in [2.75, 3.05) is 0 Å². The molecule has 0 aliphatic rings. The third kappa shape index (κ3) is 2.30. The van der Waals surface area contributed by atoms with Crippen LogP contribution in [0.3, 0.4) is 0 Å². The second-order valence-corrected chi connectivity index (χ2v) is 4.98. The first kappa shape index (κ1) is 10.7. The van der Waals surface area contributed by atoms with Gasteiger partial charge in [-0.05, 0) is 34.0 Å². The molecule has 0 aliphatic heterocycles. The summed E-state index contributed by atoms with van der Waals surface area (Å²) in [4.78, 5) is 0.192. The maximum absolute atomic E-state index is 11.2. The minimum atomic E-state index is -3.62. The molecule has 0 aromatic heterocycles. The van der Waals surface area contributed by atoms with Crippen LogP contribution in [0, 0.1) is 0 Å². The van der Waals surface area contributed by atoms with Gasteiger partial charge in [0.25, 0.3) is 0 Å². The maximum atomic E-state index is 11.2. The zero-order valence-corrected chi connectivity index (χ0v) is 9.52. The smallest absolute Gasteiger partial charge is 0.225 e. The number of sulfonamides is 1. The molecule has 72 valence electrons. The summed E-state index contributed by atoms with van der Waals surface area (Å²) in [6.45, 7) is 1.89. The van der Waals surface area contributed by atoms with Crippen LogP contribution < -0.4 is 5.14 Å². The Hall–Kier alpha value is -0.390. The molecule has 2 N–H and O–H groups in total. The molecule has 0 aliphatic carbocycles. The Bertz CT molecular complexity index is 414. The van der Waals surface area contributed by atoms with E-state index in [1.807, 2.05) is 6.92 Å². The number of rotatable bonds is 2. The number of primary sulfonamides is 1. The molecule has 5 heteroatoms. The number of aryl methyl sites for hydroxylation is 1. The van der Waals surface area contributed by atoms with Crippen LogP contribution in [-0.2, 0) is 16.4 Å². The summed E-state index contributed by atoms with van der Waals surface area (Å²) in [6.07, 6.45) is 0.644. The van der Waals surface area contributed by atoms with Crippen molar-refractivity contribution < 1.29 is 8.42 Å². The maximum Gasteiger partial charge on any atom is 0.239 e. The van der Waals surface area contributed by atoms with Crippen LogP contribution >= 0.6 is 15.9 Å². The third-order valence-electron chi connectivity index (χ3n) is 1.71. The molecular formula is C8H10BrNO2S. The Balaban J connectivity index is 3.50. The minimum absolute atomic E-state index is 0.192. The van der Waals surface area contributed by atoms with Gasteiger partial charge in [-0.25, -0.2) is 13.6 Å². The van der Waals surface area contributed by atoms with Crippen molar-refractivity contribution in [2.24, 2.45) is 5.14 Å². The zero-order chi connectivity index (χ0) is 10.1. The van der Waals surface area contributed by atoms with E-state index in [-0.39, 0.29) is 4.90 Å². The molecule has 0 saturated carbocycles. The predicted octanol–water partition coefficient (Wildman–Crippen LogP) is 1.66. The van der Waals surface area contributed by atoms with Crippen molar-refractivity contribution in [1.29, 1.82) is 0 Å². The first-order valence-corrected chi connectivity index (χ1v) is 6.11. The van der Waals surface area contributed by atoms with E-state index < -0.39 is 10.0 Å². The number of halogens is 1. The predicted molar refractivity (Wildman–Crippen MR) is 54.9 cm³/mol. The van der Waals surface area contributed by atoms with E-state index in [2.05, 4.69) is 15.9 Å². The lowest BCUT2D eigenvalue weighted by molar-refractivity contribution is 0.596. The van der Waals surface area contributed by atoms with Crippen molar-refractivity contribution in [3.05, 3.63) is 28.2 Å². The molecule has 0 spiro atoms. The highest BCUT2D eigenvalue weighted by molar-refractivity contribution is 9.10. The van der Waals surface area contributed by atoms with Crippen LogP contribution in [0.4, 0.5) is 0 Å². The summed E-state index contributed by atoms with van der Waals surface area (Å²) in [5, 5.41) is 5.08. The highest BCUT2D eigenvalue weighted by atomic mass is 79.9. The summed E-state index contributed by atoms with van der Waals surface area (Å²) in [7, 11) is -3.62. The standard InChI is InChI=1S/C8H10BrNO2S/c1-2-6-4-3-5-7(9)8(6)13(10,11)12/h3-5H,2H2,1H3,(H2,10,11,12). The van der Waals surface area contributed by atoms with Crippen LogP contribution in [0.15, 0.2) is 27.6 Å². The van der Waals surface area contributed by atoms with E-state index in [1.54, 1.807) is 18.2 Å². The number of hydrogen-bond donors (Lipinski definition) is 1. The highest BCUT2D eigenvalue weighted by Crippen LogP contribution is 2.24. The lowest BCUT2D eigenvalue weighted by Gasteiger charge is -2.06. The fourth-order valence-electron chi connectivity index (χ4n) is 1.15. The summed E-state index contributed by atoms with van der Waals surface area (Å²) in [5.74, 6) is 0. The molecule has 0 unspecified atom stereocenters. The van der Waals surface area contributed by atoms with Gasteiger partial charge in [0.2, 0.25) is 10.0 Å². The van der Waals surface area contributed by atoms with E-state index in [0.717, 1.165) is 5.56 Å². The van der Waals surface area contributed by atoms with Crippen molar-refractivity contribution in [1.82, 2.24) is 0 Å². The fourth-order valence-corrected chi connectivity index (χ4v) is 3.15. The molecule has 0 atom stereocenters. The third-order valence-corrected chi connectivity index (χ3v) is 3.69. The van der Waals surface area contributed by atoms with Crippen molar-refractivity contribution in [3.63, 3.8) is 0 Å². The average Bonchev–Trinajstić information content (AvgIpc) is 2.01. The van der Waals surface area contributed by atoms with E-state index in [1.165, 1.54) is 0 Å². The SMILES string of the molecule is CCc1cccc(Br)c1S(N)(=O)=O. The topological polar surface area (TPSA) is 60.2 Å². The van der Waals surface area contributed by atoms with Gasteiger partial charge in [0.1, 0.15) is 0 Å². The Labute approximate surface area is 86.1 Å². The van der Waals surface area contributed by atoms with Crippen molar-refractivity contribution in [2.45, 2.75) is 18.2 Å². The van der Waals surface area contributed by atoms with Gasteiger partial charge in [-0.2, -0.15) is 0 Å². The van der Waals surface area contributed by atoms with Gasteiger partial charge >= 0.3 is 0 Å². The summed E-state index contributed by atoms with van der Waals surface area (Å²) < 4.78 is 22.9. The molecule has 1 rings (SSSR count). The number of benzene rings is 1. The fraction of sp³-hybridized carbons (Fsp3) is 0.250. The second kappa shape index (κ2) is 3.77. The monoisotopic (exact) mass is 263 g/mol. The quantitative estimate of drug-likeness (QED) is 0.883. The minimum Gasteiger partial charge on any atom is -0.225 e. The normalized spacial score (nSPS) is 11.6. The van der Waals surface area contributed by atoms with Crippen LogP contribution in [-0.4, -0.2) is 8.42 Å². The Kier molecular flexibility index (Phi) is 3.10. The summed E-state index contributed by atoms with van der Waals surface area (Å²) in [6, 6.07) is 5.21. The van der Waals surface area contributed by atoms with Crippen LogP contribution in [0.25, 0.3) is 0 Å². The molecule has 1 aromatic rings. The van der Waals surface area contributed by atoms with Gasteiger partial charge < -0.3 is 0 Å². The summed E-state index contributed by atoms with van der Waals surface area (Å²) in [5.41, 5.74) is 0.733. The van der Waals surface area contributed by atoms with Crippen LogP contribution in [0.2, 0.25) is 0 Å². The molecule has 0 radical (unpaired) electrons. The lowest BCUT2D eigenvalue weighted by atomic mass is 10.2. The molecular weight excluding hydrogens is 254 g/mol. The van der Waals surface area contributed by atoms with Gasteiger partial charge in [0.15, 0.2) is 0 Å². The van der Waals surface area contributed by atoms with Crippen LogP contribution in [0.5, 0.6) is 0 Å². The molecule has 0 amide bonds. The van der Waals surface area contributed by atoms with E-state index >= 15 is 0 Å².